The molecule has 6 aromatic carbocycles. The molecule has 0 saturated carbocycles. The van der Waals surface area contributed by atoms with Gasteiger partial charge in [0.15, 0.2) is 11.9 Å². The second-order valence-electron chi connectivity index (χ2n) is 24.0. The Bertz CT molecular complexity index is 5150. The smallest absolute Gasteiger partial charge is 1.00 e. The number of nitrogens with one attached hydrogen (secondary N) is 1. The maximum Gasteiger partial charge on any atom is 1.00 e. The number of nitrogen functional groups attached to an aromatic ring is 2. The number of allylic oxidation sites excluding steroid dienone is 1. The van der Waals surface area contributed by atoms with E-state index in [-0.39, 0.29) is 172 Å². The number of aliphatic hydroxyl groups is 2. The van der Waals surface area contributed by atoms with Gasteiger partial charge in [-0.3, -0.25) is 59.4 Å². The van der Waals surface area contributed by atoms with Crippen LogP contribution in [0.25, 0.3) is 11.0 Å². The third kappa shape index (κ3) is 54.0. The van der Waals surface area contributed by atoms with Crippen LogP contribution in [-0.2, 0) is 82.2 Å². The van der Waals surface area contributed by atoms with Gasteiger partial charge in [-0.15, -0.1) is 39.3 Å². The van der Waals surface area contributed by atoms with E-state index < -0.39 is 43.5 Å². The third-order valence-electron chi connectivity index (χ3n) is 15.3. The number of aldehydes is 1. The van der Waals surface area contributed by atoms with Crippen molar-refractivity contribution in [2.45, 2.75) is 68.1 Å². The Balaban J connectivity index is -0.000000266. The van der Waals surface area contributed by atoms with Crippen molar-refractivity contribution in [1.82, 2.24) is 39.9 Å². The van der Waals surface area contributed by atoms with Crippen LogP contribution in [-0.4, -0.2) is 131 Å². The zero-order valence-corrected chi connectivity index (χ0v) is 95.4. The van der Waals surface area contributed by atoms with Crippen LogP contribution in [0.3, 0.4) is 0 Å². The summed E-state index contributed by atoms with van der Waals surface area (Å²) in [6.45, 7) is 14.7. The van der Waals surface area contributed by atoms with E-state index in [2.05, 4.69) is 318 Å². The molecule has 48 heteroatoms. The summed E-state index contributed by atoms with van der Waals surface area (Å²) in [6.07, 6.45) is 8.77. The SMILES string of the molecule is Br.CC(=O)O.CC1=NCc2ncc(Br)cc21.CC1=NCc2ncc(N)cc21.CC1=NCc2ncc([N+](=O)[O-])cc21.CCO.CCl.COC(=CO)[N+](=O)O.Cc1cc(N)n[nH]1.Cc1nn(C)c2ncc(Br)cc12.O=C/C(Br)=C(/Br)C(=O)O.O=N[O-].O=N[O-].[CH3-].[Cl][Pd][Cl].[H-].[Na+].[Na+].[Na+].[Pd].c1ccc(P(c2ccccc2)c2ccccc2)cc1.c1ccc(P(c2ccccc2)c2ccccc2)cc1. The summed E-state index contributed by atoms with van der Waals surface area (Å²) >= 11 is 16.7. The van der Waals surface area contributed by atoms with Crippen molar-refractivity contribution in [3.05, 3.63) is 355 Å². The molecule has 3 aliphatic heterocycles. The molecular weight excluding hydrogens is 2360 g/mol. The van der Waals surface area contributed by atoms with E-state index in [0.29, 0.717) is 37.1 Å². The first-order chi connectivity index (χ1) is 60.8. The van der Waals surface area contributed by atoms with E-state index in [0.717, 1.165) is 108 Å². The first-order valence-electron chi connectivity index (χ1n) is 36.2. The summed E-state index contributed by atoms with van der Waals surface area (Å²) in [7, 11) is 11.8. The van der Waals surface area contributed by atoms with Crippen molar-refractivity contribution in [2.24, 2.45) is 32.7 Å². The first-order valence-corrected chi connectivity index (χ1v) is 46.8. The number of aromatic amines is 1. The number of benzene rings is 6. The number of pyridine rings is 4. The maximum absolute atomic E-state index is 10.4. The van der Waals surface area contributed by atoms with E-state index in [4.69, 9.17) is 81.2 Å². The van der Waals surface area contributed by atoms with Crippen molar-refractivity contribution in [2.75, 3.05) is 31.6 Å². The van der Waals surface area contributed by atoms with Crippen molar-refractivity contribution in [3.8, 4) is 0 Å². The molecule has 3 aliphatic rings. The number of halogens is 8. The van der Waals surface area contributed by atoms with Gasteiger partial charge in [-0.2, -0.15) is 10.2 Å². The Morgan fingerprint density at radius 1 is 0.624 bits per heavy atom. The molecule has 0 radical (unpaired) electrons. The van der Waals surface area contributed by atoms with Crippen LogP contribution in [0.15, 0.2) is 293 Å². The number of aliphatic hydroxyl groups excluding tert-OH is 2. The number of aryl methyl sites for hydroxylation is 3. The van der Waals surface area contributed by atoms with Crippen LogP contribution in [0, 0.1) is 56.5 Å². The molecule has 0 bridgehead atoms. The minimum Gasteiger partial charge on any atom is -1.00 e. The number of aromatic nitrogens is 8. The molecule has 0 saturated heterocycles. The average molecular weight is 2460 g/mol. The molecule has 33 nitrogen and oxygen atoms in total. The largest absolute Gasteiger partial charge is 1.00 e. The number of nitrogens with two attached hydrogens (primary N) is 2. The number of ether oxygens (including phenoxy) is 1. The predicted octanol–water partition coefficient (Wildman–Crippen LogP) is 10.1. The van der Waals surface area contributed by atoms with Gasteiger partial charge < -0.3 is 65.7 Å². The van der Waals surface area contributed by atoms with Crippen molar-refractivity contribution in [3.63, 3.8) is 0 Å². The van der Waals surface area contributed by atoms with Crippen LogP contribution >= 0.6 is 127 Å². The number of hydrogen-bond donors (Lipinski definition) is 8. The standard InChI is InChI=1S/2C18H15P.C8H8BrN3.C8H7BrN2.C8H7N3O2.C8H9N3.C4H2Br2O3.C4H7N3.C3H5NO4.C2H4O2.C2H6O.CH3Cl.CH3.BrH.2ClH.2HNO2.3Na.2Pd.H/c2*1-4-10-16(11-5-1)19(17-12-6-2-7-13-17)18-14-8-3-9-15-18;1-5-7-3-6(9)4-10-8(7)12(2)11-5;1-5-7-2-6(9)3-11-8(7)4-10-5;1-5-7-2-6(11(12)13)3-10-8(7)4-9-5;1-5-7-2-6(9)3-11-8(7)4-10-5;5-2(1-7)3(6)4(8)9;1-3-2-4(5)7-6-3;1-8-3(2-5)4(6)7;1-2(3)4;1-2-3;1-2;;;;;2*2-1-3;;;;;;/h2*1-15H;3-4H,1-2H3;2-3H,4H2,1H3;2-3H,4H2,1H3;2-3H,4,9H2,1H3;1H,(H,8,9);2H,1H3,(H3,5,6,7);2H,1H3,(H-,5,6,7);1H3,(H,3,4);3H,2H2,1H3;1H3;1H3;3*1H;2*(H,2,3);;;;;;/q;;;;;;;;;;;;-1;;;;;;3*+1;;+2;-1/p-3/b;;;;;;3-2-;;;;;;;;;;;;;;;;;. The number of fused-ring (bicyclic) bond motifs is 4. The van der Waals surface area contributed by atoms with E-state index >= 15 is 0 Å². The minimum absolute atomic E-state index is 0. The number of carboxylic acids is 2. The number of rotatable bonds is 11. The number of nitro groups is 1. The van der Waals surface area contributed by atoms with Gasteiger partial charge in [-0.25, -0.2) is 15.0 Å². The van der Waals surface area contributed by atoms with E-state index in [1.807, 2.05) is 60.0 Å². The number of H-pyrrole nitrogens is 1. The van der Waals surface area contributed by atoms with Crippen LogP contribution in [0.4, 0.5) is 17.2 Å². The molecule has 0 aliphatic carbocycles. The number of carbonyl (C=O) groups is 3. The van der Waals surface area contributed by atoms with Crippen LogP contribution in [0.5, 0.6) is 0 Å². The molecule has 9 heterocycles. The zero-order valence-electron chi connectivity index (χ0n) is 75.2. The number of carbonyl (C=O) groups excluding carboxylic acids is 1. The number of anilines is 2. The third-order valence-corrected chi connectivity index (χ3v) is 22.9. The number of methoxy groups -OCH3 is 1. The number of carboxylic acid groups (broad SMARTS) is 2. The molecule has 0 unspecified atom stereocenters. The quantitative estimate of drug-likeness (QED) is 0.00570. The fourth-order valence-corrected chi connectivity index (χ4v) is 15.7. The van der Waals surface area contributed by atoms with Gasteiger partial charge in [0.05, 0.1) is 75.7 Å². The Morgan fingerprint density at radius 2 is 0.932 bits per heavy atom. The molecule has 0 fully saturated rings. The summed E-state index contributed by atoms with van der Waals surface area (Å²) in [4.78, 5) is 93.3. The van der Waals surface area contributed by atoms with E-state index in [1.165, 1.54) is 56.0 Å². The van der Waals surface area contributed by atoms with E-state index in [9.17, 15) is 24.6 Å². The number of hydrogen-bond acceptors (Lipinski definition) is 26. The second-order valence-corrected chi connectivity index (χ2v) is 34.3. The Hall–Kier alpha value is -7.09. The first kappa shape index (κ1) is 137. The van der Waals surface area contributed by atoms with Gasteiger partial charge in [0, 0.05) is 126 Å². The number of aliphatic carboxylic acids is 2. The van der Waals surface area contributed by atoms with Crippen LogP contribution < -0.4 is 132 Å². The Morgan fingerprint density at radius 3 is 1.20 bits per heavy atom. The van der Waals surface area contributed by atoms with E-state index in [1.54, 1.807) is 30.1 Å². The number of nitrogens with zero attached hydrogens (tertiary/aromatic N) is 14. The molecule has 6 aromatic heterocycles. The minimum atomic E-state index is -1.17. The monoisotopic (exact) mass is 2450 g/mol. The van der Waals surface area contributed by atoms with Gasteiger partial charge in [0.1, 0.15) is 16.5 Å². The summed E-state index contributed by atoms with van der Waals surface area (Å²) in [5.74, 6) is -2.00. The van der Waals surface area contributed by atoms with Crippen molar-refractivity contribution in [1.29, 1.82) is 0 Å². The molecule has 0 spiro atoms. The van der Waals surface area contributed by atoms with Crippen LogP contribution in [0.1, 0.15) is 81.2 Å². The Labute approximate surface area is 919 Å². The van der Waals surface area contributed by atoms with Gasteiger partial charge >= 0.3 is 140 Å². The topological polar surface area (TPSA) is 517 Å². The Kier molecular flexibility index (Phi) is 83.2. The maximum atomic E-state index is 10.4. The van der Waals surface area contributed by atoms with Gasteiger partial charge in [0.2, 0.25) is 6.26 Å². The van der Waals surface area contributed by atoms with Crippen molar-refractivity contribution < 1.29 is 181 Å². The fourth-order valence-electron chi connectivity index (χ4n) is 10.1. The molecule has 15 rings (SSSR count). The average Bonchev–Trinajstić information content (AvgIpc) is 1.65. The molecular formula is C85H94Br5Cl3N17Na3O16P2Pd2. The summed E-state index contributed by atoms with van der Waals surface area (Å²) in [5.41, 5.74) is 23.5. The summed E-state index contributed by atoms with van der Waals surface area (Å²) in [5, 5.41) is 87.7. The molecule has 0 amide bonds. The van der Waals surface area contributed by atoms with Crippen molar-refractivity contribution >= 4 is 223 Å². The van der Waals surface area contributed by atoms with Gasteiger partial charge in [0.25, 0.3) is 11.7 Å². The van der Waals surface area contributed by atoms with Gasteiger partial charge in [-0.1, -0.05) is 182 Å². The summed E-state index contributed by atoms with van der Waals surface area (Å²) in [6, 6.07) is 74.0. The molecule has 10 N–H and O–H groups in total. The zero-order chi connectivity index (χ0) is 95.3. The van der Waals surface area contributed by atoms with Gasteiger partial charge in [-0.05, 0) is 171 Å². The second kappa shape index (κ2) is 81.0. The normalized spacial score (nSPS) is 10.4. The predicted molar refractivity (Wildman–Crippen MR) is 536 cm³/mol. The molecule has 12 aromatic rings. The number of alkyl halides is 1. The van der Waals surface area contributed by atoms with Crippen LogP contribution in [0.2, 0.25) is 0 Å². The molecule has 704 valence electrons. The number of aliphatic imine (C=N–C) groups is 3. The fraction of sp³-hybridized carbons (Fsp3) is 0.165. The molecule has 133 heavy (non-hydrogen) atoms. The molecule has 0 atom stereocenters. The summed E-state index contributed by atoms with van der Waals surface area (Å²) < 4.78 is 7.76.